The fourth-order valence-electron chi connectivity index (χ4n) is 3.01. The number of rotatable bonds is 3. The summed E-state index contributed by atoms with van der Waals surface area (Å²) in [5, 5.41) is 10.7. The van der Waals surface area contributed by atoms with E-state index in [1.165, 1.54) is 17.7 Å². The average Bonchev–Trinajstić information content (AvgIpc) is 2.63. The van der Waals surface area contributed by atoms with Gasteiger partial charge in [0.15, 0.2) is 0 Å². The minimum absolute atomic E-state index is 0.0615. The van der Waals surface area contributed by atoms with Gasteiger partial charge in [0, 0.05) is 49.6 Å². The van der Waals surface area contributed by atoms with Crippen molar-refractivity contribution in [3.63, 3.8) is 0 Å². The number of hydrogen-bond acceptors (Lipinski definition) is 4. The highest BCUT2D eigenvalue weighted by Crippen LogP contribution is 2.21. The largest absolute Gasteiger partial charge is 0.368 e. The normalized spacial score (nSPS) is 14.5. The van der Waals surface area contributed by atoms with E-state index in [0.29, 0.717) is 26.2 Å². The molecule has 0 spiro atoms. The Morgan fingerprint density at radius 2 is 1.60 bits per heavy atom. The first-order valence-electron chi connectivity index (χ1n) is 8.31. The predicted molar refractivity (Wildman–Crippen MR) is 97.1 cm³/mol. The van der Waals surface area contributed by atoms with Gasteiger partial charge in [0.05, 0.1) is 4.92 Å². The summed E-state index contributed by atoms with van der Waals surface area (Å²) in [5.41, 5.74) is 4.07. The topological polar surface area (TPSA) is 66.7 Å². The van der Waals surface area contributed by atoms with Crippen molar-refractivity contribution in [2.24, 2.45) is 0 Å². The molecule has 1 aliphatic rings. The summed E-state index contributed by atoms with van der Waals surface area (Å²) in [7, 11) is 0. The van der Waals surface area contributed by atoms with Crippen molar-refractivity contribution >= 4 is 17.3 Å². The summed E-state index contributed by atoms with van der Waals surface area (Å²) in [5.74, 6) is 0.0615. The van der Waals surface area contributed by atoms with Crippen molar-refractivity contribution in [3.8, 4) is 0 Å². The first kappa shape index (κ1) is 17.0. The maximum Gasteiger partial charge on any atom is 0.269 e. The van der Waals surface area contributed by atoms with E-state index in [2.05, 4.69) is 4.90 Å². The van der Waals surface area contributed by atoms with E-state index in [-0.39, 0.29) is 11.6 Å². The SMILES string of the molecule is Cc1ccc(C(=O)N2CCN(c3ccc([N+](=O)[O-])cc3)CC2)cc1C. The van der Waals surface area contributed by atoms with Crippen molar-refractivity contribution < 1.29 is 9.72 Å². The van der Waals surface area contributed by atoms with Gasteiger partial charge in [-0.2, -0.15) is 0 Å². The number of nitro benzene ring substituents is 1. The van der Waals surface area contributed by atoms with Crippen LogP contribution in [0.3, 0.4) is 0 Å². The molecule has 3 rings (SSSR count). The standard InChI is InChI=1S/C19H21N3O3/c1-14-3-4-16(13-15(14)2)19(23)21-11-9-20(10-12-21)17-5-7-18(8-6-17)22(24)25/h3-8,13H,9-12H2,1-2H3. The third-order valence-electron chi connectivity index (χ3n) is 4.75. The summed E-state index contributed by atoms with van der Waals surface area (Å²) < 4.78 is 0. The van der Waals surface area contributed by atoms with Crippen molar-refractivity contribution in [3.05, 3.63) is 69.3 Å². The molecule has 0 bridgehead atoms. The molecule has 1 aliphatic heterocycles. The van der Waals surface area contributed by atoms with E-state index in [0.717, 1.165) is 16.8 Å². The molecule has 1 saturated heterocycles. The van der Waals surface area contributed by atoms with Gasteiger partial charge in [0.1, 0.15) is 0 Å². The number of carbonyl (C=O) groups excluding carboxylic acids is 1. The summed E-state index contributed by atoms with van der Waals surface area (Å²) >= 11 is 0. The number of benzene rings is 2. The Labute approximate surface area is 146 Å². The summed E-state index contributed by atoms with van der Waals surface area (Å²) in [6, 6.07) is 12.4. The van der Waals surface area contributed by atoms with Crippen LogP contribution in [0.15, 0.2) is 42.5 Å². The van der Waals surface area contributed by atoms with Gasteiger partial charge >= 0.3 is 0 Å². The molecule has 0 radical (unpaired) electrons. The zero-order chi connectivity index (χ0) is 18.0. The monoisotopic (exact) mass is 339 g/mol. The number of carbonyl (C=O) groups is 1. The molecule has 1 amide bonds. The van der Waals surface area contributed by atoms with Gasteiger partial charge in [0.2, 0.25) is 0 Å². The summed E-state index contributed by atoms with van der Waals surface area (Å²) in [6.07, 6.45) is 0. The van der Waals surface area contributed by atoms with Crippen LogP contribution in [0.5, 0.6) is 0 Å². The molecule has 2 aromatic carbocycles. The Bertz CT molecular complexity index is 794. The van der Waals surface area contributed by atoms with Crippen LogP contribution in [0.25, 0.3) is 0 Å². The third-order valence-corrected chi connectivity index (χ3v) is 4.75. The van der Waals surface area contributed by atoms with E-state index in [9.17, 15) is 14.9 Å². The molecule has 0 aromatic heterocycles. The number of amides is 1. The fraction of sp³-hybridized carbons (Fsp3) is 0.316. The molecule has 6 heteroatoms. The second-order valence-electron chi connectivity index (χ2n) is 6.35. The number of nitrogens with zero attached hydrogens (tertiary/aromatic N) is 3. The van der Waals surface area contributed by atoms with Crippen molar-refractivity contribution in [1.29, 1.82) is 0 Å². The van der Waals surface area contributed by atoms with Crippen LogP contribution in [-0.4, -0.2) is 41.9 Å². The zero-order valence-corrected chi connectivity index (χ0v) is 14.4. The van der Waals surface area contributed by atoms with Gasteiger partial charge in [-0.05, 0) is 49.2 Å². The van der Waals surface area contributed by atoms with Gasteiger partial charge in [-0.15, -0.1) is 0 Å². The van der Waals surface area contributed by atoms with Crippen LogP contribution >= 0.6 is 0 Å². The van der Waals surface area contributed by atoms with Crippen LogP contribution in [0.2, 0.25) is 0 Å². The number of anilines is 1. The number of hydrogen-bond donors (Lipinski definition) is 0. The van der Waals surface area contributed by atoms with Crippen LogP contribution in [0.4, 0.5) is 11.4 Å². The van der Waals surface area contributed by atoms with E-state index in [1.54, 1.807) is 12.1 Å². The van der Waals surface area contributed by atoms with Crippen LogP contribution in [-0.2, 0) is 0 Å². The highest BCUT2D eigenvalue weighted by atomic mass is 16.6. The lowest BCUT2D eigenvalue weighted by Crippen LogP contribution is -2.48. The van der Waals surface area contributed by atoms with E-state index in [1.807, 2.05) is 36.9 Å². The summed E-state index contributed by atoms with van der Waals surface area (Å²) in [4.78, 5) is 27.0. The van der Waals surface area contributed by atoms with Crippen LogP contribution < -0.4 is 4.90 Å². The minimum Gasteiger partial charge on any atom is -0.368 e. The number of nitro groups is 1. The smallest absolute Gasteiger partial charge is 0.269 e. The Morgan fingerprint density at radius 3 is 2.16 bits per heavy atom. The quantitative estimate of drug-likeness (QED) is 0.636. The molecule has 0 aliphatic carbocycles. The van der Waals surface area contributed by atoms with Crippen molar-refractivity contribution in [1.82, 2.24) is 4.90 Å². The Kier molecular flexibility index (Phi) is 4.70. The predicted octanol–water partition coefficient (Wildman–Crippen LogP) is 3.17. The van der Waals surface area contributed by atoms with E-state index >= 15 is 0 Å². The van der Waals surface area contributed by atoms with Gasteiger partial charge in [-0.3, -0.25) is 14.9 Å². The Balaban J connectivity index is 1.64. The molecule has 6 nitrogen and oxygen atoms in total. The minimum atomic E-state index is -0.399. The zero-order valence-electron chi connectivity index (χ0n) is 14.4. The first-order chi connectivity index (χ1) is 12.0. The third kappa shape index (κ3) is 3.63. The van der Waals surface area contributed by atoms with Crippen molar-refractivity contribution in [2.45, 2.75) is 13.8 Å². The second kappa shape index (κ2) is 6.93. The molecule has 0 atom stereocenters. The lowest BCUT2D eigenvalue weighted by atomic mass is 10.1. The Morgan fingerprint density at radius 1 is 0.960 bits per heavy atom. The highest BCUT2D eigenvalue weighted by molar-refractivity contribution is 5.94. The van der Waals surface area contributed by atoms with Crippen LogP contribution in [0, 0.1) is 24.0 Å². The average molecular weight is 339 g/mol. The molecule has 0 saturated carbocycles. The van der Waals surface area contributed by atoms with E-state index in [4.69, 9.17) is 0 Å². The number of aryl methyl sites for hydroxylation is 2. The lowest BCUT2D eigenvalue weighted by molar-refractivity contribution is -0.384. The number of piperazine rings is 1. The molecular formula is C19H21N3O3. The molecule has 0 unspecified atom stereocenters. The van der Waals surface area contributed by atoms with E-state index < -0.39 is 4.92 Å². The molecule has 2 aromatic rings. The first-order valence-corrected chi connectivity index (χ1v) is 8.31. The highest BCUT2D eigenvalue weighted by Gasteiger charge is 2.22. The fourth-order valence-corrected chi connectivity index (χ4v) is 3.01. The molecule has 0 N–H and O–H groups in total. The Hall–Kier alpha value is -2.89. The number of non-ortho nitro benzene ring substituents is 1. The summed E-state index contributed by atoms with van der Waals surface area (Å²) in [6.45, 7) is 6.76. The molecule has 1 fully saturated rings. The molecule has 1 heterocycles. The maximum absolute atomic E-state index is 12.7. The second-order valence-corrected chi connectivity index (χ2v) is 6.35. The lowest BCUT2D eigenvalue weighted by Gasteiger charge is -2.36. The van der Waals surface area contributed by atoms with Crippen molar-refractivity contribution in [2.75, 3.05) is 31.1 Å². The van der Waals surface area contributed by atoms with Gasteiger partial charge in [-0.1, -0.05) is 6.07 Å². The van der Waals surface area contributed by atoms with Gasteiger partial charge in [-0.25, -0.2) is 0 Å². The molecule has 130 valence electrons. The molecule has 25 heavy (non-hydrogen) atoms. The van der Waals surface area contributed by atoms with Gasteiger partial charge in [0.25, 0.3) is 11.6 Å². The maximum atomic E-state index is 12.7. The molecular weight excluding hydrogens is 318 g/mol. The van der Waals surface area contributed by atoms with Gasteiger partial charge < -0.3 is 9.80 Å². The van der Waals surface area contributed by atoms with Crippen LogP contribution in [0.1, 0.15) is 21.5 Å².